The van der Waals surface area contributed by atoms with E-state index in [0.717, 1.165) is 49.9 Å². The number of hydrogen-bond donors (Lipinski definition) is 1. The molecule has 34 heavy (non-hydrogen) atoms. The highest BCUT2D eigenvalue weighted by atomic mass is 35.5. The second kappa shape index (κ2) is 10.0. The predicted molar refractivity (Wildman–Crippen MR) is 136 cm³/mol. The zero-order chi connectivity index (χ0) is 23.5. The lowest BCUT2D eigenvalue weighted by Gasteiger charge is -2.46. The molecule has 8 heteroatoms. The molecular formula is C26H33ClN6O. The van der Waals surface area contributed by atoms with Crippen LogP contribution in [0.25, 0.3) is 16.9 Å². The van der Waals surface area contributed by atoms with Gasteiger partial charge in [-0.25, -0.2) is 9.97 Å². The molecule has 1 saturated carbocycles. The molecule has 7 nitrogen and oxygen atoms in total. The Morgan fingerprint density at radius 2 is 1.82 bits per heavy atom. The summed E-state index contributed by atoms with van der Waals surface area (Å²) >= 11 is 6.59. The number of carbonyl (C=O) groups excluding carboxylic acids is 1. The van der Waals surface area contributed by atoms with E-state index in [4.69, 9.17) is 11.6 Å². The van der Waals surface area contributed by atoms with E-state index >= 15 is 0 Å². The molecule has 2 aromatic heterocycles. The number of benzene rings is 1. The number of amides is 1. The maximum Gasteiger partial charge on any atom is 0.253 e. The second-order valence-electron chi connectivity index (χ2n) is 9.71. The van der Waals surface area contributed by atoms with Gasteiger partial charge in [0.2, 0.25) is 5.95 Å². The Hall–Kier alpha value is -2.48. The van der Waals surface area contributed by atoms with E-state index in [1.807, 2.05) is 29.0 Å². The third kappa shape index (κ3) is 4.57. The monoisotopic (exact) mass is 480 g/mol. The third-order valence-corrected chi connectivity index (χ3v) is 7.86. The highest BCUT2D eigenvalue weighted by Gasteiger charge is 2.38. The highest BCUT2D eigenvalue weighted by molar-refractivity contribution is 6.37. The lowest BCUT2D eigenvalue weighted by Crippen LogP contribution is -2.57. The summed E-state index contributed by atoms with van der Waals surface area (Å²) in [5, 5.41) is 4.61. The van der Waals surface area contributed by atoms with Crippen LogP contribution >= 0.6 is 11.6 Å². The predicted octanol–water partition coefficient (Wildman–Crippen LogP) is 4.14. The number of nitrogens with zero attached hydrogens (tertiary/aromatic N) is 5. The molecule has 0 atom stereocenters. The molecule has 2 aliphatic rings. The summed E-state index contributed by atoms with van der Waals surface area (Å²) in [6.45, 7) is 5.03. The van der Waals surface area contributed by atoms with Gasteiger partial charge in [0.25, 0.3) is 5.91 Å². The molecule has 1 amide bonds. The topological polar surface area (TPSA) is 66.3 Å². The van der Waals surface area contributed by atoms with Gasteiger partial charge in [-0.05, 0) is 51.1 Å². The van der Waals surface area contributed by atoms with Crippen LogP contribution in [0, 0.1) is 0 Å². The van der Waals surface area contributed by atoms with Gasteiger partial charge in [0.1, 0.15) is 0 Å². The number of nitrogens with one attached hydrogen (secondary N) is 1. The molecule has 0 spiro atoms. The standard InChI is InChI=1S/C26H33ClN6O/c1-31-14-7-15-32(17-16-31)26(10-3-2-4-11-26)19-30-24(34)20-18-33(25-28-12-6-13-29-25)22-9-5-8-21(27)23(20)22/h5-6,8-9,12-13,18H,2-4,7,10-11,14-17,19H2,1H3,(H,30,34). The fourth-order valence-corrected chi connectivity index (χ4v) is 5.94. The summed E-state index contributed by atoms with van der Waals surface area (Å²) in [6.07, 6.45) is 12.4. The van der Waals surface area contributed by atoms with Crippen LogP contribution in [0.2, 0.25) is 5.02 Å². The normalized spacial score (nSPS) is 19.7. The van der Waals surface area contributed by atoms with Crippen LogP contribution in [0.3, 0.4) is 0 Å². The minimum absolute atomic E-state index is 0.0315. The van der Waals surface area contributed by atoms with E-state index in [2.05, 4.69) is 32.1 Å². The summed E-state index contributed by atoms with van der Waals surface area (Å²) in [5.41, 5.74) is 1.42. The van der Waals surface area contributed by atoms with E-state index in [1.54, 1.807) is 18.5 Å². The van der Waals surface area contributed by atoms with Crippen LogP contribution in [0.1, 0.15) is 48.9 Å². The van der Waals surface area contributed by atoms with E-state index in [0.29, 0.717) is 23.1 Å². The number of fused-ring (bicyclic) bond motifs is 1. The molecule has 3 heterocycles. The summed E-state index contributed by atoms with van der Waals surface area (Å²) in [7, 11) is 2.20. The van der Waals surface area contributed by atoms with E-state index in [-0.39, 0.29) is 11.4 Å². The minimum atomic E-state index is -0.0929. The lowest BCUT2D eigenvalue weighted by molar-refractivity contribution is 0.0503. The molecule has 2 fully saturated rings. The zero-order valence-corrected chi connectivity index (χ0v) is 20.6. The number of rotatable bonds is 5. The van der Waals surface area contributed by atoms with Crippen molar-refractivity contribution in [1.29, 1.82) is 0 Å². The van der Waals surface area contributed by atoms with Gasteiger partial charge in [-0.2, -0.15) is 0 Å². The van der Waals surface area contributed by atoms with Crippen molar-refractivity contribution in [2.24, 2.45) is 0 Å². The average Bonchev–Trinajstić information content (AvgIpc) is 3.13. The molecule has 1 saturated heterocycles. The van der Waals surface area contributed by atoms with Crippen LogP contribution in [-0.4, -0.2) is 75.6 Å². The van der Waals surface area contributed by atoms with E-state index < -0.39 is 0 Å². The Labute approximate surface area is 206 Å². The smallest absolute Gasteiger partial charge is 0.253 e. The summed E-state index contributed by atoms with van der Waals surface area (Å²) in [5.74, 6) is 0.427. The molecule has 1 aliphatic heterocycles. The van der Waals surface area contributed by atoms with Crippen LogP contribution in [0.15, 0.2) is 42.9 Å². The van der Waals surface area contributed by atoms with Crippen molar-refractivity contribution >= 4 is 28.4 Å². The van der Waals surface area contributed by atoms with E-state index in [1.165, 1.54) is 25.7 Å². The molecule has 3 aromatic rings. The Kier molecular flexibility index (Phi) is 6.86. The molecule has 180 valence electrons. The van der Waals surface area contributed by atoms with Crippen molar-refractivity contribution in [3.8, 4) is 5.95 Å². The molecule has 1 aromatic carbocycles. The molecule has 1 N–H and O–H groups in total. The first-order valence-electron chi connectivity index (χ1n) is 12.4. The fraction of sp³-hybridized carbons (Fsp3) is 0.500. The number of halogens is 1. The van der Waals surface area contributed by atoms with Gasteiger partial charge in [0.05, 0.1) is 16.1 Å². The van der Waals surface area contributed by atoms with Crippen molar-refractivity contribution < 1.29 is 4.79 Å². The Morgan fingerprint density at radius 1 is 1.03 bits per heavy atom. The van der Waals surface area contributed by atoms with E-state index in [9.17, 15) is 4.79 Å². The molecule has 0 unspecified atom stereocenters. The third-order valence-electron chi connectivity index (χ3n) is 7.54. The first kappa shape index (κ1) is 23.3. The van der Waals surface area contributed by atoms with Crippen LogP contribution in [0.4, 0.5) is 0 Å². The van der Waals surface area contributed by atoms with Gasteiger partial charge < -0.3 is 10.2 Å². The largest absolute Gasteiger partial charge is 0.350 e. The Balaban J connectivity index is 1.43. The van der Waals surface area contributed by atoms with Gasteiger partial charge in [-0.15, -0.1) is 0 Å². The molecule has 0 radical (unpaired) electrons. The van der Waals surface area contributed by atoms with Gasteiger partial charge in [-0.3, -0.25) is 14.3 Å². The highest BCUT2D eigenvalue weighted by Crippen LogP contribution is 2.35. The number of likely N-dealkylation sites (N-methyl/N-ethyl adjacent to an activating group) is 1. The van der Waals surface area contributed by atoms with Crippen molar-refractivity contribution in [3.05, 3.63) is 53.4 Å². The second-order valence-corrected chi connectivity index (χ2v) is 10.1. The van der Waals surface area contributed by atoms with Gasteiger partial charge in [0, 0.05) is 55.7 Å². The minimum Gasteiger partial charge on any atom is -0.350 e. The Morgan fingerprint density at radius 3 is 2.62 bits per heavy atom. The fourth-order valence-electron chi connectivity index (χ4n) is 5.67. The number of hydrogen-bond acceptors (Lipinski definition) is 5. The van der Waals surface area contributed by atoms with Crippen molar-refractivity contribution in [3.63, 3.8) is 0 Å². The van der Waals surface area contributed by atoms with Crippen LogP contribution in [0.5, 0.6) is 0 Å². The lowest BCUT2D eigenvalue weighted by atomic mass is 9.79. The Bertz CT molecular complexity index is 1140. The SMILES string of the molecule is CN1CCCN(C2(CNC(=O)c3cn(-c4ncccn4)c4cccc(Cl)c34)CCCCC2)CC1. The average molecular weight is 481 g/mol. The van der Waals surface area contributed by atoms with Crippen molar-refractivity contribution in [2.75, 3.05) is 39.8 Å². The van der Waals surface area contributed by atoms with Crippen LogP contribution < -0.4 is 5.32 Å². The quantitative estimate of drug-likeness (QED) is 0.594. The van der Waals surface area contributed by atoms with Crippen molar-refractivity contribution in [1.82, 2.24) is 29.7 Å². The zero-order valence-electron chi connectivity index (χ0n) is 19.8. The molecule has 0 bridgehead atoms. The molecule has 1 aliphatic carbocycles. The summed E-state index contributed by atoms with van der Waals surface area (Å²) in [6, 6.07) is 7.44. The maximum absolute atomic E-state index is 13.6. The van der Waals surface area contributed by atoms with Gasteiger partial charge in [-0.1, -0.05) is 36.9 Å². The van der Waals surface area contributed by atoms with Crippen LogP contribution in [-0.2, 0) is 0 Å². The number of carbonyl (C=O) groups is 1. The molecular weight excluding hydrogens is 448 g/mol. The van der Waals surface area contributed by atoms with Gasteiger partial charge in [0.15, 0.2) is 0 Å². The first-order chi connectivity index (χ1) is 16.6. The molecule has 5 rings (SSSR count). The number of aromatic nitrogens is 3. The van der Waals surface area contributed by atoms with Gasteiger partial charge >= 0.3 is 0 Å². The summed E-state index contributed by atoms with van der Waals surface area (Å²) < 4.78 is 1.84. The maximum atomic E-state index is 13.6. The summed E-state index contributed by atoms with van der Waals surface area (Å²) in [4.78, 5) is 27.4. The van der Waals surface area contributed by atoms with Crippen molar-refractivity contribution in [2.45, 2.75) is 44.1 Å². The first-order valence-corrected chi connectivity index (χ1v) is 12.7.